The van der Waals surface area contributed by atoms with Gasteiger partial charge < -0.3 is 14.5 Å². The second-order valence-corrected chi connectivity index (χ2v) is 6.73. The average molecular weight is 340 g/mol. The van der Waals surface area contributed by atoms with Crippen LogP contribution in [0, 0.1) is 0 Å². The lowest BCUT2D eigenvalue weighted by atomic mass is 10.1. The Bertz CT molecular complexity index is 855. The van der Waals surface area contributed by atoms with Crippen LogP contribution in [0.25, 0.3) is 10.9 Å². The number of nitrogens with zero attached hydrogens (tertiary/aromatic N) is 1. The topological polar surface area (TPSA) is 106 Å². The zero-order valence-electron chi connectivity index (χ0n) is 12.8. The molecule has 124 valence electrons. The highest BCUT2D eigenvalue weighted by molar-refractivity contribution is 7.93. The van der Waals surface area contributed by atoms with Crippen molar-refractivity contribution in [3.8, 4) is 0 Å². The summed E-state index contributed by atoms with van der Waals surface area (Å²) in [4.78, 5) is 26.0. The number of anilines is 1. The molecule has 9 heteroatoms. The second-order valence-electron chi connectivity index (χ2n) is 4.73. The van der Waals surface area contributed by atoms with Crippen molar-refractivity contribution >= 4 is 38.6 Å². The highest BCUT2D eigenvalue weighted by atomic mass is 32.2. The number of H-pyrrole nitrogens is 1. The molecule has 0 bridgehead atoms. The third-order valence-corrected chi connectivity index (χ3v) is 4.98. The fourth-order valence-electron chi connectivity index (χ4n) is 2.10. The number of sulfonamides is 1. The third kappa shape index (κ3) is 3.29. The van der Waals surface area contributed by atoms with Crippen LogP contribution in [0.4, 0.5) is 5.69 Å². The first-order valence-electron chi connectivity index (χ1n) is 6.53. The first kappa shape index (κ1) is 16.8. The van der Waals surface area contributed by atoms with E-state index in [-0.39, 0.29) is 11.3 Å². The minimum atomic E-state index is -3.95. The van der Waals surface area contributed by atoms with Gasteiger partial charge in [0.1, 0.15) is 0 Å². The van der Waals surface area contributed by atoms with Crippen molar-refractivity contribution in [2.75, 3.05) is 31.3 Å². The molecule has 0 unspecified atom stereocenters. The molecule has 2 rings (SSSR count). The van der Waals surface area contributed by atoms with Crippen molar-refractivity contribution in [3.63, 3.8) is 0 Å². The predicted octanol–water partition coefficient (Wildman–Crippen LogP) is 0.893. The van der Waals surface area contributed by atoms with Gasteiger partial charge in [-0.3, -0.25) is 9.10 Å². The number of esters is 2. The van der Waals surface area contributed by atoms with Crippen molar-refractivity contribution in [2.24, 2.45) is 0 Å². The summed E-state index contributed by atoms with van der Waals surface area (Å²) in [6.45, 7) is 0. The first-order valence-corrected chi connectivity index (χ1v) is 8.14. The molecule has 23 heavy (non-hydrogen) atoms. The van der Waals surface area contributed by atoms with Crippen LogP contribution in [0.5, 0.6) is 0 Å². The minimum absolute atomic E-state index is 0.192. The number of benzene rings is 1. The molecule has 1 aromatic heterocycles. The van der Waals surface area contributed by atoms with Crippen LogP contribution >= 0.6 is 0 Å². The van der Waals surface area contributed by atoms with E-state index in [1.807, 2.05) is 0 Å². The summed E-state index contributed by atoms with van der Waals surface area (Å²) in [5.41, 5.74) is 1.02. The Morgan fingerprint density at radius 1 is 1.22 bits per heavy atom. The van der Waals surface area contributed by atoms with E-state index in [4.69, 9.17) is 0 Å². The lowest BCUT2D eigenvalue weighted by molar-refractivity contribution is -0.137. The van der Waals surface area contributed by atoms with E-state index in [0.717, 1.165) is 11.4 Å². The zero-order chi connectivity index (χ0) is 17.2. The van der Waals surface area contributed by atoms with Gasteiger partial charge in [-0.25, -0.2) is 13.2 Å². The van der Waals surface area contributed by atoms with Crippen LogP contribution in [-0.4, -0.2) is 52.4 Å². The van der Waals surface area contributed by atoms with Gasteiger partial charge in [0, 0.05) is 24.1 Å². The van der Waals surface area contributed by atoms with E-state index in [1.54, 1.807) is 18.3 Å². The van der Waals surface area contributed by atoms with Crippen LogP contribution in [-0.2, 0) is 24.3 Å². The summed E-state index contributed by atoms with van der Waals surface area (Å²) in [5.74, 6) is -2.26. The van der Waals surface area contributed by atoms with E-state index in [0.29, 0.717) is 10.9 Å². The highest BCUT2D eigenvalue weighted by Gasteiger charge is 2.25. The molecule has 0 radical (unpaired) electrons. The standard InChI is InChI=1S/C14H16N2O6S/c1-16(23(19,20)8-13(17)21-2)12-7-9(14(18)22-3)6-11-10(12)4-5-15-11/h4-7,15H,8H2,1-3H3. The number of carbonyl (C=O) groups excluding carboxylic acids is 2. The molecule has 0 aliphatic carbocycles. The quantitative estimate of drug-likeness (QED) is 0.811. The molecule has 0 amide bonds. The first-order chi connectivity index (χ1) is 10.8. The molecule has 0 fully saturated rings. The van der Waals surface area contributed by atoms with Gasteiger partial charge in [0.15, 0.2) is 5.75 Å². The summed E-state index contributed by atoms with van der Waals surface area (Å²) < 4.78 is 34.6. The fourth-order valence-corrected chi connectivity index (χ4v) is 3.16. The maximum absolute atomic E-state index is 12.3. The van der Waals surface area contributed by atoms with Gasteiger partial charge in [0.25, 0.3) is 0 Å². The smallest absolute Gasteiger partial charge is 0.337 e. The summed E-state index contributed by atoms with van der Waals surface area (Å²) in [5, 5.41) is 0.591. The molecule has 0 saturated heterocycles. The average Bonchev–Trinajstić information content (AvgIpc) is 3.00. The molecule has 1 N–H and O–H groups in total. The van der Waals surface area contributed by atoms with Gasteiger partial charge >= 0.3 is 11.9 Å². The lowest BCUT2D eigenvalue weighted by Gasteiger charge is -2.20. The Kier molecular flexibility index (Phi) is 4.60. The number of fused-ring (bicyclic) bond motifs is 1. The summed E-state index contributed by atoms with van der Waals surface area (Å²) >= 11 is 0. The van der Waals surface area contributed by atoms with E-state index in [2.05, 4.69) is 14.5 Å². The van der Waals surface area contributed by atoms with Crippen molar-refractivity contribution in [3.05, 3.63) is 30.0 Å². The van der Waals surface area contributed by atoms with Gasteiger partial charge in [-0.05, 0) is 18.2 Å². The van der Waals surface area contributed by atoms with Crippen molar-refractivity contribution in [1.82, 2.24) is 4.98 Å². The van der Waals surface area contributed by atoms with Crippen molar-refractivity contribution in [1.29, 1.82) is 0 Å². The number of hydrogen-bond acceptors (Lipinski definition) is 6. The number of aromatic nitrogens is 1. The molecule has 0 spiro atoms. The maximum Gasteiger partial charge on any atom is 0.337 e. The summed E-state index contributed by atoms with van der Waals surface area (Å²) in [6, 6.07) is 4.64. The highest BCUT2D eigenvalue weighted by Crippen LogP contribution is 2.29. The van der Waals surface area contributed by atoms with Gasteiger partial charge in [-0.2, -0.15) is 0 Å². The Balaban J connectivity index is 2.55. The molecule has 8 nitrogen and oxygen atoms in total. The van der Waals surface area contributed by atoms with E-state index >= 15 is 0 Å². The number of ether oxygens (including phenoxy) is 2. The fraction of sp³-hybridized carbons (Fsp3) is 0.286. The maximum atomic E-state index is 12.3. The zero-order valence-corrected chi connectivity index (χ0v) is 13.6. The Labute approximate surface area is 133 Å². The van der Waals surface area contributed by atoms with Crippen molar-refractivity contribution < 1.29 is 27.5 Å². The monoisotopic (exact) mass is 340 g/mol. The predicted molar refractivity (Wildman–Crippen MR) is 83.8 cm³/mol. The molecule has 0 saturated carbocycles. The summed E-state index contributed by atoms with van der Waals surface area (Å²) in [6.07, 6.45) is 1.62. The normalized spacial score (nSPS) is 11.3. The number of hydrogen-bond donors (Lipinski definition) is 1. The summed E-state index contributed by atoms with van der Waals surface area (Å²) in [7, 11) is -0.298. The molecule has 0 aliphatic rings. The number of rotatable bonds is 5. The van der Waals surface area contributed by atoms with Crippen LogP contribution in [0.15, 0.2) is 24.4 Å². The Morgan fingerprint density at radius 2 is 1.91 bits per heavy atom. The lowest BCUT2D eigenvalue weighted by Crippen LogP contribution is -2.33. The Hall–Kier alpha value is -2.55. The molecule has 2 aromatic rings. The van der Waals surface area contributed by atoms with Gasteiger partial charge in [0.2, 0.25) is 10.0 Å². The number of aromatic amines is 1. The van der Waals surface area contributed by atoms with Crippen LogP contribution < -0.4 is 4.31 Å². The minimum Gasteiger partial charge on any atom is -0.468 e. The number of nitrogens with one attached hydrogen (secondary N) is 1. The molecular formula is C14H16N2O6S. The van der Waals surface area contributed by atoms with Gasteiger partial charge in [0.05, 0.1) is 25.5 Å². The SMILES string of the molecule is COC(=O)CS(=O)(=O)N(C)c1cc(C(=O)OC)cc2[nH]ccc12. The number of carbonyl (C=O) groups is 2. The van der Waals surface area contributed by atoms with E-state index < -0.39 is 27.7 Å². The third-order valence-electron chi connectivity index (χ3n) is 3.35. The molecule has 0 atom stereocenters. The number of methoxy groups -OCH3 is 2. The van der Waals surface area contributed by atoms with Crippen LogP contribution in [0.1, 0.15) is 10.4 Å². The Morgan fingerprint density at radius 3 is 2.52 bits per heavy atom. The van der Waals surface area contributed by atoms with E-state index in [9.17, 15) is 18.0 Å². The largest absolute Gasteiger partial charge is 0.468 e. The molecule has 0 aliphatic heterocycles. The van der Waals surface area contributed by atoms with Crippen LogP contribution in [0.3, 0.4) is 0 Å². The second kappa shape index (κ2) is 6.29. The van der Waals surface area contributed by atoms with E-state index in [1.165, 1.54) is 20.2 Å². The van der Waals surface area contributed by atoms with Crippen molar-refractivity contribution in [2.45, 2.75) is 0 Å². The molecule has 1 heterocycles. The molecular weight excluding hydrogens is 324 g/mol. The van der Waals surface area contributed by atoms with Crippen LogP contribution in [0.2, 0.25) is 0 Å². The van der Waals surface area contributed by atoms with Gasteiger partial charge in [-0.1, -0.05) is 0 Å². The molecule has 1 aromatic carbocycles. The van der Waals surface area contributed by atoms with Gasteiger partial charge in [-0.15, -0.1) is 0 Å².